The van der Waals surface area contributed by atoms with E-state index in [2.05, 4.69) is 55.5 Å². The van der Waals surface area contributed by atoms with Gasteiger partial charge in [0.2, 0.25) is 0 Å². The van der Waals surface area contributed by atoms with E-state index < -0.39 is 0 Å². The lowest BCUT2D eigenvalue weighted by Crippen LogP contribution is -2.12. The molecule has 0 saturated heterocycles. The number of allylic oxidation sites excluding steroid dienone is 3. The van der Waals surface area contributed by atoms with Crippen molar-refractivity contribution in [2.75, 3.05) is 21.3 Å². The second-order valence-corrected chi connectivity index (χ2v) is 6.90. The van der Waals surface area contributed by atoms with E-state index in [4.69, 9.17) is 14.2 Å². The lowest BCUT2D eigenvalue weighted by Gasteiger charge is -2.26. The van der Waals surface area contributed by atoms with Crippen molar-refractivity contribution in [2.24, 2.45) is 5.92 Å². The smallest absolute Gasteiger partial charge is 0.161 e. The number of aryl methyl sites for hydroxylation is 1. The standard InChI is InChI=1S/C24H28O3/c1-17-9-12-20(16-23(17)26-3)21-8-6-5-7-19(21)13-10-18-11-14-22(25-2)24(15-18)27-4/h6,8-16,19,21H,5,7H2,1-4H3/b13-10+. The molecule has 2 unspecified atom stereocenters. The molecule has 2 atom stereocenters. The average molecular weight is 364 g/mol. The highest BCUT2D eigenvalue weighted by molar-refractivity contribution is 5.56. The molecular formula is C24H28O3. The summed E-state index contributed by atoms with van der Waals surface area (Å²) in [5.41, 5.74) is 3.58. The van der Waals surface area contributed by atoms with E-state index in [0.29, 0.717) is 11.8 Å². The van der Waals surface area contributed by atoms with Crippen molar-refractivity contribution in [1.82, 2.24) is 0 Å². The minimum atomic E-state index is 0.365. The highest BCUT2D eigenvalue weighted by atomic mass is 16.5. The molecule has 1 aliphatic rings. The number of hydrogen-bond donors (Lipinski definition) is 0. The molecule has 3 heteroatoms. The molecule has 0 heterocycles. The molecule has 0 radical (unpaired) electrons. The van der Waals surface area contributed by atoms with Crippen molar-refractivity contribution in [3.05, 3.63) is 71.3 Å². The number of hydrogen-bond acceptors (Lipinski definition) is 3. The average Bonchev–Trinajstić information content (AvgIpc) is 2.72. The topological polar surface area (TPSA) is 27.7 Å². The van der Waals surface area contributed by atoms with Gasteiger partial charge in [0.15, 0.2) is 11.5 Å². The van der Waals surface area contributed by atoms with Crippen LogP contribution in [0.25, 0.3) is 6.08 Å². The molecule has 0 amide bonds. The first-order chi connectivity index (χ1) is 13.2. The summed E-state index contributed by atoms with van der Waals surface area (Å²) >= 11 is 0. The molecule has 2 aromatic carbocycles. The third-order valence-corrected chi connectivity index (χ3v) is 5.23. The second kappa shape index (κ2) is 8.81. The molecule has 3 nitrogen and oxygen atoms in total. The van der Waals surface area contributed by atoms with Gasteiger partial charge in [-0.3, -0.25) is 0 Å². The van der Waals surface area contributed by atoms with Crippen LogP contribution in [0.3, 0.4) is 0 Å². The lowest BCUT2D eigenvalue weighted by atomic mass is 9.79. The van der Waals surface area contributed by atoms with E-state index in [9.17, 15) is 0 Å². The van der Waals surface area contributed by atoms with Crippen molar-refractivity contribution in [3.8, 4) is 17.2 Å². The summed E-state index contributed by atoms with van der Waals surface area (Å²) in [6, 6.07) is 12.5. The zero-order valence-electron chi connectivity index (χ0n) is 16.6. The van der Waals surface area contributed by atoms with Crippen LogP contribution in [0.4, 0.5) is 0 Å². The Hall–Kier alpha value is -2.68. The fraction of sp³-hybridized carbons (Fsp3) is 0.333. The molecule has 1 aliphatic carbocycles. The molecule has 2 aromatic rings. The third-order valence-electron chi connectivity index (χ3n) is 5.23. The van der Waals surface area contributed by atoms with E-state index >= 15 is 0 Å². The minimum Gasteiger partial charge on any atom is -0.496 e. The summed E-state index contributed by atoms with van der Waals surface area (Å²) in [5, 5.41) is 0. The van der Waals surface area contributed by atoms with Crippen molar-refractivity contribution in [2.45, 2.75) is 25.7 Å². The van der Waals surface area contributed by atoms with E-state index in [1.54, 1.807) is 21.3 Å². The van der Waals surface area contributed by atoms with E-state index in [0.717, 1.165) is 35.7 Å². The van der Waals surface area contributed by atoms with E-state index in [-0.39, 0.29) is 0 Å². The molecular weight excluding hydrogens is 336 g/mol. The fourth-order valence-corrected chi connectivity index (χ4v) is 3.66. The van der Waals surface area contributed by atoms with Gasteiger partial charge < -0.3 is 14.2 Å². The van der Waals surface area contributed by atoms with Crippen LogP contribution in [0.2, 0.25) is 0 Å². The Morgan fingerprint density at radius 2 is 1.67 bits per heavy atom. The normalized spacial score (nSPS) is 19.3. The van der Waals surface area contributed by atoms with Crippen LogP contribution in [-0.4, -0.2) is 21.3 Å². The maximum Gasteiger partial charge on any atom is 0.161 e. The molecule has 0 fully saturated rings. The summed E-state index contributed by atoms with van der Waals surface area (Å²) in [6.07, 6.45) is 11.4. The van der Waals surface area contributed by atoms with Gasteiger partial charge in [-0.15, -0.1) is 0 Å². The highest BCUT2D eigenvalue weighted by Crippen LogP contribution is 2.37. The maximum absolute atomic E-state index is 5.52. The number of methoxy groups -OCH3 is 3. The highest BCUT2D eigenvalue weighted by Gasteiger charge is 2.21. The predicted octanol–water partition coefficient (Wildman–Crippen LogP) is 5.78. The Bertz CT molecular complexity index is 836. The lowest BCUT2D eigenvalue weighted by molar-refractivity contribution is 0.355. The quantitative estimate of drug-likeness (QED) is 0.608. The van der Waals surface area contributed by atoms with E-state index in [1.165, 1.54) is 11.1 Å². The first-order valence-electron chi connectivity index (χ1n) is 9.37. The Morgan fingerprint density at radius 3 is 2.41 bits per heavy atom. The Morgan fingerprint density at radius 1 is 0.889 bits per heavy atom. The molecule has 0 bridgehead atoms. The summed E-state index contributed by atoms with van der Waals surface area (Å²) < 4.78 is 16.3. The molecule has 0 saturated carbocycles. The number of benzene rings is 2. The molecule has 0 spiro atoms. The molecule has 3 rings (SSSR count). The van der Waals surface area contributed by atoms with Crippen molar-refractivity contribution in [1.29, 1.82) is 0 Å². The van der Waals surface area contributed by atoms with Gasteiger partial charge in [-0.1, -0.05) is 42.5 Å². The SMILES string of the molecule is COc1cc(C2C=CCCC2/C=C/c2ccc(OC)c(OC)c2)ccc1C. The van der Waals surface area contributed by atoms with Gasteiger partial charge in [-0.25, -0.2) is 0 Å². The van der Waals surface area contributed by atoms with Gasteiger partial charge in [0.25, 0.3) is 0 Å². The largest absolute Gasteiger partial charge is 0.496 e. The maximum atomic E-state index is 5.52. The molecule has 142 valence electrons. The molecule has 0 aromatic heterocycles. The number of rotatable bonds is 6. The molecule has 0 aliphatic heterocycles. The first-order valence-corrected chi connectivity index (χ1v) is 9.37. The summed E-state index contributed by atoms with van der Waals surface area (Å²) in [4.78, 5) is 0. The van der Waals surface area contributed by atoms with Gasteiger partial charge in [0, 0.05) is 5.92 Å². The van der Waals surface area contributed by atoms with Gasteiger partial charge >= 0.3 is 0 Å². The van der Waals surface area contributed by atoms with Gasteiger partial charge in [-0.2, -0.15) is 0 Å². The van der Waals surface area contributed by atoms with Crippen LogP contribution in [0.1, 0.15) is 35.4 Å². The summed E-state index contributed by atoms with van der Waals surface area (Å²) in [5.74, 6) is 3.28. The summed E-state index contributed by atoms with van der Waals surface area (Å²) in [6.45, 7) is 2.08. The van der Waals surface area contributed by atoms with Gasteiger partial charge in [0.1, 0.15) is 5.75 Å². The van der Waals surface area contributed by atoms with Crippen LogP contribution >= 0.6 is 0 Å². The van der Waals surface area contributed by atoms with Crippen LogP contribution in [0.5, 0.6) is 17.2 Å². The van der Waals surface area contributed by atoms with Gasteiger partial charge in [-0.05, 0) is 60.6 Å². The molecule has 27 heavy (non-hydrogen) atoms. The Labute approximate surface area is 162 Å². The minimum absolute atomic E-state index is 0.365. The third kappa shape index (κ3) is 4.36. The van der Waals surface area contributed by atoms with E-state index in [1.807, 2.05) is 12.1 Å². The predicted molar refractivity (Wildman–Crippen MR) is 111 cm³/mol. The first kappa shape index (κ1) is 19.1. The van der Waals surface area contributed by atoms with Crippen molar-refractivity contribution in [3.63, 3.8) is 0 Å². The second-order valence-electron chi connectivity index (χ2n) is 6.90. The number of ether oxygens (including phenoxy) is 3. The fourth-order valence-electron chi connectivity index (χ4n) is 3.66. The van der Waals surface area contributed by atoms with Crippen molar-refractivity contribution >= 4 is 6.08 Å². The van der Waals surface area contributed by atoms with Gasteiger partial charge in [0.05, 0.1) is 21.3 Å². The van der Waals surface area contributed by atoms with Crippen molar-refractivity contribution < 1.29 is 14.2 Å². The van der Waals surface area contributed by atoms with Crippen LogP contribution in [0.15, 0.2) is 54.6 Å². The van der Waals surface area contributed by atoms with Crippen LogP contribution in [-0.2, 0) is 0 Å². The zero-order chi connectivity index (χ0) is 19.2. The summed E-state index contributed by atoms with van der Waals surface area (Å²) in [7, 11) is 5.05. The zero-order valence-corrected chi connectivity index (χ0v) is 16.6. The molecule has 0 N–H and O–H groups in total. The monoisotopic (exact) mass is 364 g/mol. The Balaban J connectivity index is 1.84. The Kier molecular flexibility index (Phi) is 6.23. The van der Waals surface area contributed by atoms with Crippen LogP contribution in [0, 0.1) is 12.8 Å². The van der Waals surface area contributed by atoms with Crippen LogP contribution < -0.4 is 14.2 Å².